The maximum absolute atomic E-state index is 13.6. The average molecular weight is 416 g/mol. The monoisotopic (exact) mass is 416 g/mol. The van der Waals surface area contributed by atoms with Crippen LogP contribution in [0.25, 0.3) is 11.6 Å². The van der Waals surface area contributed by atoms with Crippen LogP contribution in [0, 0.1) is 19.7 Å². The van der Waals surface area contributed by atoms with Crippen LogP contribution in [0.15, 0.2) is 18.2 Å². The summed E-state index contributed by atoms with van der Waals surface area (Å²) in [5.74, 6) is -2.06. The van der Waals surface area contributed by atoms with E-state index < -0.39 is 11.8 Å². The number of nitrogens with two attached hydrogens (primary N) is 1. The molecule has 162 valence electrons. The van der Waals surface area contributed by atoms with Gasteiger partial charge >= 0.3 is 5.97 Å². The van der Waals surface area contributed by atoms with E-state index in [4.69, 9.17) is 5.73 Å². The first-order valence-electron chi connectivity index (χ1n) is 9.89. The molecule has 2 aromatic rings. The molecular weight excluding hydrogens is 387 g/mol. The minimum Gasteiger partial charge on any atom is -0.478 e. The van der Waals surface area contributed by atoms with E-state index in [2.05, 4.69) is 29.0 Å². The number of nitrogens with one attached hydrogen (secondary N) is 2. The molecule has 7 nitrogen and oxygen atoms in total. The molecule has 0 unspecified atom stereocenters. The fourth-order valence-electron chi connectivity index (χ4n) is 3.38. The van der Waals surface area contributed by atoms with E-state index in [0.29, 0.717) is 29.1 Å². The summed E-state index contributed by atoms with van der Waals surface area (Å²) in [6, 6.07) is 3.58. The summed E-state index contributed by atoms with van der Waals surface area (Å²) in [4.78, 5) is 29.8. The van der Waals surface area contributed by atoms with E-state index in [1.54, 1.807) is 13.8 Å². The van der Waals surface area contributed by atoms with Gasteiger partial charge in [0, 0.05) is 35.7 Å². The number of amides is 1. The van der Waals surface area contributed by atoms with E-state index >= 15 is 0 Å². The second kappa shape index (κ2) is 10.1. The molecule has 0 saturated carbocycles. The molecule has 30 heavy (non-hydrogen) atoms. The maximum atomic E-state index is 13.6. The highest BCUT2D eigenvalue weighted by molar-refractivity contribution is 6.22. The van der Waals surface area contributed by atoms with E-state index in [9.17, 15) is 19.1 Å². The molecule has 0 fully saturated rings. The highest BCUT2D eigenvalue weighted by Crippen LogP contribution is 2.27. The Hall–Kier alpha value is -3.13. The standard InChI is InChI=1S/C22H29FN4O3/c1-5-27(6-2)10-9-25-21(28)20-13(3)19(26-14(20)4)12-17(22(29)30)16-11-15(23)7-8-18(16)24/h7-8,11-12,26H,5-6,9-10,24H2,1-4H3,(H,25,28)(H,29,30)/b17-12-. The Morgan fingerprint density at radius 1 is 1.27 bits per heavy atom. The Morgan fingerprint density at radius 3 is 2.53 bits per heavy atom. The number of carboxylic acid groups (broad SMARTS) is 1. The van der Waals surface area contributed by atoms with Crippen LogP contribution in [0.4, 0.5) is 10.1 Å². The van der Waals surface area contributed by atoms with Crippen molar-refractivity contribution in [3.05, 3.63) is 52.1 Å². The van der Waals surface area contributed by atoms with Crippen molar-refractivity contribution < 1.29 is 19.1 Å². The van der Waals surface area contributed by atoms with Gasteiger partial charge in [-0.05, 0) is 56.8 Å². The molecule has 0 atom stereocenters. The normalized spacial score (nSPS) is 11.7. The Labute approximate surface area is 175 Å². The van der Waals surface area contributed by atoms with Gasteiger partial charge in [-0.15, -0.1) is 0 Å². The first kappa shape index (κ1) is 23.2. The first-order valence-corrected chi connectivity index (χ1v) is 9.89. The number of aliphatic carboxylic acids is 1. The number of carbonyl (C=O) groups excluding carboxylic acids is 1. The number of rotatable bonds is 9. The third kappa shape index (κ3) is 5.27. The summed E-state index contributed by atoms with van der Waals surface area (Å²) in [5.41, 5.74) is 8.09. The lowest BCUT2D eigenvalue weighted by molar-refractivity contribution is -0.130. The fraction of sp³-hybridized carbons (Fsp3) is 0.364. The topological polar surface area (TPSA) is 111 Å². The molecule has 0 aliphatic rings. The third-order valence-electron chi connectivity index (χ3n) is 5.14. The van der Waals surface area contributed by atoms with Crippen LogP contribution >= 0.6 is 0 Å². The number of halogens is 1. The molecule has 0 saturated heterocycles. The largest absolute Gasteiger partial charge is 0.478 e. The third-order valence-corrected chi connectivity index (χ3v) is 5.14. The molecular formula is C22H29FN4O3. The molecule has 0 spiro atoms. The Balaban J connectivity index is 2.34. The fourth-order valence-corrected chi connectivity index (χ4v) is 3.38. The molecule has 0 radical (unpaired) electrons. The Kier molecular flexibility index (Phi) is 7.77. The van der Waals surface area contributed by atoms with Gasteiger partial charge in [0.15, 0.2) is 0 Å². The Bertz CT molecular complexity index is 962. The maximum Gasteiger partial charge on any atom is 0.336 e. The van der Waals surface area contributed by atoms with Crippen LogP contribution in [0.5, 0.6) is 0 Å². The molecule has 8 heteroatoms. The van der Waals surface area contributed by atoms with Crippen LogP contribution in [-0.2, 0) is 4.79 Å². The first-order chi connectivity index (χ1) is 14.2. The highest BCUT2D eigenvalue weighted by Gasteiger charge is 2.20. The summed E-state index contributed by atoms with van der Waals surface area (Å²) < 4.78 is 13.6. The number of carbonyl (C=O) groups is 2. The minimum atomic E-state index is -1.25. The quantitative estimate of drug-likeness (QED) is 0.371. The van der Waals surface area contributed by atoms with Crippen molar-refractivity contribution in [2.75, 3.05) is 31.9 Å². The van der Waals surface area contributed by atoms with Crippen LogP contribution in [0.3, 0.4) is 0 Å². The summed E-state index contributed by atoms with van der Waals surface area (Å²) in [5, 5.41) is 12.6. The number of aromatic nitrogens is 1. The number of H-pyrrole nitrogens is 1. The van der Waals surface area contributed by atoms with Gasteiger partial charge in [-0.25, -0.2) is 9.18 Å². The van der Waals surface area contributed by atoms with Crippen LogP contribution in [-0.4, -0.2) is 53.0 Å². The number of aryl methyl sites for hydroxylation is 1. The molecule has 1 heterocycles. The zero-order valence-electron chi connectivity index (χ0n) is 17.8. The average Bonchev–Trinajstić information content (AvgIpc) is 2.98. The van der Waals surface area contributed by atoms with Crippen LogP contribution in [0.1, 0.15) is 46.7 Å². The van der Waals surface area contributed by atoms with Gasteiger partial charge in [0.05, 0.1) is 11.1 Å². The van der Waals surface area contributed by atoms with Crippen LogP contribution < -0.4 is 11.1 Å². The van der Waals surface area contributed by atoms with Crippen molar-refractivity contribution >= 4 is 29.2 Å². The second-order valence-electron chi connectivity index (χ2n) is 7.04. The lowest BCUT2D eigenvalue weighted by Crippen LogP contribution is -2.35. The predicted molar refractivity (Wildman–Crippen MR) is 117 cm³/mol. The molecule has 1 aromatic carbocycles. The number of aromatic amines is 1. The van der Waals surface area contributed by atoms with Crippen molar-refractivity contribution in [2.24, 2.45) is 0 Å². The van der Waals surface area contributed by atoms with Gasteiger partial charge in [0.2, 0.25) is 0 Å². The number of benzene rings is 1. The molecule has 0 aliphatic carbocycles. The van der Waals surface area contributed by atoms with Gasteiger partial charge in [0.25, 0.3) is 5.91 Å². The van der Waals surface area contributed by atoms with E-state index in [0.717, 1.165) is 25.7 Å². The predicted octanol–water partition coefficient (Wildman–Crippen LogP) is 3.05. The second-order valence-corrected chi connectivity index (χ2v) is 7.04. The number of nitrogen functional groups attached to an aromatic ring is 1. The van der Waals surface area contributed by atoms with Gasteiger partial charge in [0.1, 0.15) is 5.82 Å². The number of nitrogens with zero attached hydrogens (tertiary/aromatic N) is 1. The molecule has 0 bridgehead atoms. The smallest absolute Gasteiger partial charge is 0.336 e. The number of anilines is 1. The summed E-state index contributed by atoms with van der Waals surface area (Å²) in [6.45, 7) is 10.7. The summed E-state index contributed by atoms with van der Waals surface area (Å²) >= 11 is 0. The van der Waals surface area contributed by atoms with Crippen molar-refractivity contribution in [2.45, 2.75) is 27.7 Å². The number of carboxylic acids is 1. The lowest BCUT2D eigenvalue weighted by Gasteiger charge is -2.18. The van der Waals surface area contributed by atoms with Gasteiger partial charge in [-0.1, -0.05) is 13.8 Å². The van der Waals surface area contributed by atoms with E-state index in [1.165, 1.54) is 18.2 Å². The van der Waals surface area contributed by atoms with Crippen molar-refractivity contribution in [3.8, 4) is 0 Å². The van der Waals surface area contributed by atoms with E-state index in [-0.39, 0.29) is 22.7 Å². The zero-order chi connectivity index (χ0) is 22.4. The summed E-state index contributed by atoms with van der Waals surface area (Å²) in [7, 11) is 0. The minimum absolute atomic E-state index is 0.0828. The summed E-state index contributed by atoms with van der Waals surface area (Å²) in [6.07, 6.45) is 1.38. The Morgan fingerprint density at radius 2 is 1.93 bits per heavy atom. The van der Waals surface area contributed by atoms with Crippen molar-refractivity contribution in [1.29, 1.82) is 0 Å². The van der Waals surface area contributed by atoms with Gasteiger partial charge in [-0.3, -0.25) is 4.79 Å². The molecule has 1 amide bonds. The van der Waals surface area contributed by atoms with Gasteiger partial charge < -0.3 is 26.0 Å². The van der Waals surface area contributed by atoms with Crippen molar-refractivity contribution in [3.63, 3.8) is 0 Å². The van der Waals surface area contributed by atoms with Crippen molar-refractivity contribution in [1.82, 2.24) is 15.2 Å². The molecule has 5 N–H and O–H groups in total. The molecule has 2 rings (SSSR count). The van der Waals surface area contributed by atoms with Crippen LogP contribution in [0.2, 0.25) is 0 Å². The number of likely N-dealkylation sites (N-methyl/N-ethyl adjacent to an activating group) is 1. The highest BCUT2D eigenvalue weighted by atomic mass is 19.1. The zero-order valence-corrected chi connectivity index (χ0v) is 17.8. The van der Waals surface area contributed by atoms with E-state index in [1.807, 2.05) is 0 Å². The molecule has 1 aromatic heterocycles. The number of hydrogen-bond acceptors (Lipinski definition) is 4. The van der Waals surface area contributed by atoms with Gasteiger partial charge in [-0.2, -0.15) is 0 Å². The SMILES string of the molecule is CCN(CC)CCNC(=O)c1c(C)[nH]c(/C=C(\C(=O)O)c2cc(F)ccc2N)c1C. The molecule has 0 aliphatic heterocycles. The lowest BCUT2D eigenvalue weighted by atomic mass is 10.0. The number of hydrogen-bond donors (Lipinski definition) is 4.